The molecule has 0 aliphatic rings. The number of hydrogen-bond donors (Lipinski definition) is 2. The summed E-state index contributed by atoms with van der Waals surface area (Å²) in [5.41, 5.74) is 0. The number of rotatable bonds is 8. The highest BCUT2D eigenvalue weighted by atomic mass is 16.5. The fourth-order valence-electron chi connectivity index (χ4n) is 0.521. The molecule has 21 heavy (non-hydrogen) atoms. The van der Waals surface area contributed by atoms with Crippen molar-refractivity contribution in [1.29, 1.82) is 0 Å². The summed E-state index contributed by atoms with van der Waals surface area (Å²) >= 11 is 0. The van der Waals surface area contributed by atoms with E-state index in [2.05, 4.69) is 9.47 Å². The summed E-state index contributed by atoms with van der Waals surface area (Å²) in [6.45, 7) is 0.482. The lowest BCUT2D eigenvalue weighted by atomic mass is 10.5. The molecule has 0 radical (unpaired) electrons. The Morgan fingerprint density at radius 1 is 0.714 bits per heavy atom. The molecule has 0 aromatic heterocycles. The van der Waals surface area contributed by atoms with Gasteiger partial charge >= 0.3 is 11.9 Å². The summed E-state index contributed by atoms with van der Waals surface area (Å²) in [5.74, 6) is -2.09. The Morgan fingerprint density at radius 2 is 1.05 bits per heavy atom. The van der Waals surface area contributed by atoms with Gasteiger partial charge in [-0.1, -0.05) is 19.6 Å². The summed E-state index contributed by atoms with van der Waals surface area (Å²) in [6.07, 6.45) is 9.07. The first-order valence-corrected chi connectivity index (χ1v) is 4.85. The standard InChI is InChI=1S/2C6H6O4.CH4/c2*7-5-10-4-2-1-3-6(8)9;/h2*1-5H,(H,8,9);1H4/b3-1-,4-2+;3-1-,4-2-;. The molecular weight excluding hydrogens is 284 g/mol. The van der Waals surface area contributed by atoms with E-state index in [1.54, 1.807) is 0 Å². The van der Waals surface area contributed by atoms with Crippen LogP contribution in [0.15, 0.2) is 49.0 Å². The van der Waals surface area contributed by atoms with Gasteiger partial charge in [0.2, 0.25) is 0 Å². The Balaban J connectivity index is -0.000000295. The van der Waals surface area contributed by atoms with Crippen molar-refractivity contribution in [2.24, 2.45) is 0 Å². The van der Waals surface area contributed by atoms with Crippen LogP contribution >= 0.6 is 0 Å². The van der Waals surface area contributed by atoms with Gasteiger partial charge in [-0.05, 0) is 12.2 Å². The van der Waals surface area contributed by atoms with E-state index in [1.165, 1.54) is 24.3 Å². The number of aliphatic carboxylic acids is 2. The molecule has 0 saturated heterocycles. The van der Waals surface area contributed by atoms with Crippen molar-refractivity contribution >= 4 is 24.9 Å². The van der Waals surface area contributed by atoms with Gasteiger partial charge in [-0.3, -0.25) is 9.59 Å². The zero-order chi connectivity index (χ0) is 15.6. The topological polar surface area (TPSA) is 127 Å². The van der Waals surface area contributed by atoms with Gasteiger partial charge in [0, 0.05) is 12.2 Å². The number of carbonyl (C=O) groups is 4. The van der Waals surface area contributed by atoms with Crippen LogP contribution in [0.5, 0.6) is 0 Å². The third kappa shape index (κ3) is 31.6. The second-order valence-electron chi connectivity index (χ2n) is 2.52. The first kappa shape index (κ1) is 23.0. The molecule has 0 aromatic carbocycles. The lowest BCUT2D eigenvalue weighted by Crippen LogP contribution is -1.84. The second-order valence-corrected chi connectivity index (χ2v) is 2.52. The highest BCUT2D eigenvalue weighted by Crippen LogP contribution is 1.77. The van der Waals surface area contributed by atoms with Gasteiger partial charge in [-0.2, -0.15) is 0 Å². The van der Waals surface area contributed by atoms with E-state index < -0.39 is 11.9 Å². The molecule has 0 unspecified atom stereocenters. The lowest BCUT2D eigenvalue weighted by molar-refractivity contribution is -0.132. The number of ether oxygens (including phenoxy) is 2. The molecule has 0 aromatic rings. The summed E-state index contributed by atoms with van der Waals surface area (Å²) in [7, 11) is 0. The monoisotopic (exact) mass is 300 g/mol. The smallest absolute Gasteiger partial charge is 0.328 e. The molecule has 0 aliphatic heterocycles. The van der Waals surface area contributed by atoms with Crippen LogP contribution in [-0.2, 0) is 28.7 Å². The van der Waals surface area contributed by atoms with E-state index in [0.717, 1.165) is 24.7 Å². The normalized spacial score (nSPS) is 9.90. The molecule has 0 saturated carbocycles. The SMILES string of the molecule is C.O=CO/C=C/C=C\C(=O)O.O=CO/C=C\C=C/C(=O)O. The molecule has 8 nitrogen and oxygen atoms in total. The molecule has 116 valence electrons. The maximum absolute atomic E-state index is 9.80. The van der Waals surface area contributed by atoms with E-state index in [1.807, 2.05) is 0 Å². The summed E-state index contributed by atoms with van der Waals surface area (Å²) in [4.78, 5) is 38.6. The largest absolute Gasteiger partial charge is 0.478 e. The average Bonchev–Trinajstić information content (AvgIpc) is 2.38. The van der Waals surface area contributed by atoms with Crippen LogP contribution < -0.4 is 0 Å². The minimum absolute atomic E-state index is 0. The third-order valence-electron chi connectivity index (χ3n) is 1.13. The lowest BCUT2D eigenvalue weighted by Gasteiger charge is -1.78. The number of carboxylic acid groups (broad SMARTS) is 2. The van der Waals surface area contributed by atoms with Crippen LogP contribution in [0.25, 0.3) is 0 Å². The highest BCUT2D eigenvalue weighted by Gasteiger charge is 1.80. The van der Waals surface area contributed by atoms with Gasteiger partial charge < -0.3 is 19.7 Å². The molecule has 0 fully saturated rings. The van der Waals surface area contributed by atoms with Crippen molar-refractivity contribution < 1.29 is 38.9 Å². The number of allylic oxidation sites excluding steroid dienone is 4. The van der Waals surface area contributed by atoms with Crippen molar-refractivity contribution in [2.45, 2.75) is 7.43 Å². The Kier molecular flexibility index (Phi) is 21.0. The van der Waals surface area contributed by atoms with E-state index in [9.17, 15) is 19.2 Å². The summed E-state index contributed by atoms with van der Waals surface area (Å²) in [6, 6.07) is 0. The molecule has 0 heterocycles. The summed E-state index contributed by atoms with van der Waals surface area (Å²) < 4.78 is 8.22. The first-order chi connectivity index (χ1) is 9.54. The predicted molar refractivity (Wildman–Crippen MR) is 72.9 cm³/mol. The Morgan fingerprint density at radius 3 is 1.29 bits per heavy atom. The molecule has 2 N–H and O–H groups in total. The second kappa shape index (κ2) is 19.2. The Hall–Kier alpha value is -3.16. The molecule has 8 heteroatoms. The van der Waals surface area contributed by atoms with Crippen LogP contribution in [0.4, 0.5) is 0 Å². The molecule has 0 aliphatic carbocycles. The van der Waals surface area contributed by atoms with Crippen molar-refractivity contribution in [3.63, 3.8) is 0 Å². The first-order valence-electron chi connectivity index (χ1n) is 4.85. The van der Waals surface area contributed by atoms with Gasteiger partial charge in [-0.15, -0.1) is 0 Å². The third-order valence-corrected chi connectivity index (χ3v) is 1.13. The fraction of sp³-hybridized carbons (Fsp3) is 0.0769. The molecule has 0 spiro atoms. The van der Waals surface area contributed by atoms with Crippen molar-refractivity contribution in [3.05, 3.63) is 49.0 Å². The van der Waals surface area contributed by atoms with Crippen molar-refractivity contribution in [3.8, 4) is 0 Å². The molecule has 0 rings (SSSR count). The number of hydrogen-bond acceptors (Lipinski definition) is 6. The van der Waals surface area contributed by atoms with E-state index in [-0.39, 0.29) is 20.4 Å². The van der Waals surface area contributed by atoms with Crippen LogP contribution in [0.3, 0.4) is 0 Å². The maximum Gasteiger partial charge on any atom is 0.328 e. The van der Waals surface area contributed by atoms with Crippen molar-refractivity contribution in [1.82, 2.24) is 0 Å². The molecule has 0 amide bonds. The van der Waals surface area contributed by atoms with E-state index in [4.69, 9.17) is 10.2 Å². The molecule has 0 atom stereocenters. The average molecular weight is 300 g/mol. The molecule has 0 bridgehead atoms. The van der Waals surface area contributed by atoms with Crippen LogP contribution in [0.2, 0.25) is 0 Å². The quantitative estimate of drug-likeness (QED) is 0.297. The van der Waals surface area contributed by atoms with Crippen LogP contribution in [0.1, 0.15) is 7.43 Å². The Bertz CT molecular complexity index is 378. The minimum Gasteiger partial charge on any atom is -0.478 e. The van der Waals surface area contributed by atoms with Crippen LogP contribution in [-0.4, -0.2) is 35.1 Å². The maximum atomic E-state index is 9.80. The summed E-state index contributed by atoms with van der Waals surface area (Å²) in [5, 5.41) is 16.1. The minimum atomic E-state index is -1.05. The predicted octanol–water partition coefficient (Wildman–Crippen LogP) is 1.26. The van der Waals surface area contributed by atoms with Crippen LogP contribution in [0, 0.1) is 0 Å². The molecular formula is C13H16O8. The van der Waals surface area contributed by atoms with Gasteiger partial charge in [0.1, 0.15) is 0 Å². The highest BCUT2D eigenvalue weighted by molar-refractivity contribution is 5.80. The van der Waals surface area contributed by atoms with Gasteiger partial charge in [0.15, 0.2) is 0 Å². The zero-order valence-electron chi connectivity index (χ0n) is 10.1. The van der Waals surface area contributed by atoms with E-state index in [0.29, 0.717) is 0 Å². The Labute approximate surface area is 121 Å². The van der Waals surface area contributed by atoms with Gasteiger partial charge in [0.25, 0.3) is 12.9 Å². The van der Waals surface area contributed by atoms with Crippen molar-refractivity contribution in [2.75, 3.05) is 0 Å². The fourth-order valence-corrected chi connectivity index (χ4v) is 0.521. The van der Waals surface area contributed by atoms with E-state index >= 15 is 0 Å². The number of carbonyl (C=O) groups excluding carboxylic acids is 2. The zero-order valence-corrected chi connectivity index (χ0v) is 10.1. The number of carboxylic acids is 2. The van der Waals surface area contributed by atoms with Gasteiger partial charge in [-0.25, -0.2) is 9.59 Å². The van der Waals surface area contributed by atoms with Gasteiger partial charge in [0.05, 0.1) is 12.5 Å².